The fraction of sp³-hybridized carbons (Fsp3) is 0.250. The molecule has 0 unspecified atom stereocenters. The minimum absolute atomic E-state index is 0.177. The second kappa shape index (κ2) is 3.42. The molecule has 0 aromatic heterocycles. The predicted octanol–water partition coefficient (Wildman–Crippen LogP) is 1.76. The van der Waals surface area contributed by atoms with Crippen LogP contribution in [0.2, 0.25) is 0 Å². The van der Waals surface area contributed by atoms with E-state index in [0.717, 1.165) is 23.2 Å². The second-order valence-corrected chi connectivity index (χ2v) is 3.63. The molecule has 0 aromatic carbocycles. The molecule has 0 saturated carbocycles. The molecule has 0 atom stereocenters. The van der Waals surface area contributed by atoms with Crippen molar-refractivity contribution in [3.05, 3.63) is 40.3 Å². The number of hydrogen-bond donors (Lipinski definition) is 1. The van der Waals surface area contributed by atoms with Crippen LogP contribution < -0.4 is 5.43 Å². The Hall–Kier alpha value is -1.77. The first-order valence-corrected chi connectivity index (χ1v) is 4.94. The predicted molar refractivity (Wildman–Crippen MR) is 59.3 cm³/mol. The highest BCUT2D eigenvalue weighted by molar-refractivity contribution is 5.69. The van der Waals surface area contributed by atoms with Gasteiger partial charge in [0.05, 0.1) is 0 Å². The van der Waals surface area contributed by atoms with Crippen LogP contribution >= 0.6 is 0 Å². The molecule has 3 heteroatoms. The summed E-state index contributed by atoms with van der Waals surface area (Å²) in [5.74, 6) is -0.177. The molecule has 15 heavy (non-hydrogen) atoms. The highest BCUT2D eigenvalue weighted by Gasteiger charge is 2.11. The van der Waals surface area contributed by atoms with Crippen LogP contribution in [0.25, 0.3) is 11.1 Å². The maximum atomic E-state index is 11.3. The number of aromatic nitrogens is 1. The Kier molecular flexibility index (Phi) is 2.23. The molecule has 3 nitrogen and oxygen atoms in total. The van der Waals surface area contributed by atoms with Crippen molar-refractivity contribution in [2.24, 2.45) is 7.05 Å². The van der Waals surface area contributed by atoms with Gasteiger partial charge in [0.15, 0.2) is 5.75 Å². The van der Waals surface area contributed by atoms with Crippen LogP contribution in [0.3, 0.4) is 0 Å². The van der Waals surface area contributed by atoms with Crippen LogP contribution in [0.15, 0.2) is 29.2 Å². The molecule has 0 fully saturated rings. The summed E-state index contributed by atoms with van der Waals surface area (Å²) in [4.78, 5) is 11.3. The van der Waals surface area contributed by atoms with Gasteiger partial charge in [-0.2, -0.15) is 0 Å². The number of aryl methyl sites for hydroxylation is 1. The Morgan fingerprint density at radius 1 is 1.40 bits per heavy atom. The van der Waals surface area contributed by atoms with Gasteiger partial charge in [0.2, 0.25) is 5.43 Å². The van der Waals surface area contributed by atoms with Crippen LogP contribution in [-0.2, 0) is 13.5 Å². The van der Waals surface area contributed by atoms with Crippen molar-refractivity contribution in [2.45, 2.75) is 13.3 Å². The van der Waals surface area contributed by atoms with Gasteiger partial charge in [-0.25, -0.2) is 0 Å². The van der Waals surface area contributed by atoms with Crippen molar-refractivity contribution < 1.29 is 5.11 Å². The molecule has 0 amide bonds. The van der Waals surface area contributed by atoms with Crippen molar-refractivity contribution >= 4 is 0 Å². The Morgan fingerprint density at radius 3 is 2.80 bits per heavy atom. The van der Waals surface area contributed by atoms with E-state index in [4.69, 9.17) is 0 Å². The van der Waals surface area contributed by atoms with E-state index in [2.05, 4.69) is 6.92 Å². The molecule has 2 aliphatic rings. The lowest BCUT2D eigenvalue weighted by Gasteiger charge is -2.15. The first-order chi connectivity index (χ1) is 7.13. The number of hydrogen-bond acceptors (Lipinski definition) is 2. The van der Waals surface area contributed by atoms with E-state index in [-0.39, 0.29) is 11.2 Å². The standard InChI is InChI=1S/C12H13NO2/c1-3-10-9-7-12(15)11(14)6-8(9)4-5-13(10)2/h4-7,15H,3H2,1-2H3. The van der Waals surface area contributed by atoms with Crippen molar-refractivity contribution in [3.63, 3.8) is 0 Å². The van der Waals surface area contributed by atoms with E-state index in [9.17, 15) is 9.90 Å². The molecular formula is C12H13NO2. The van der Waals surface area contributed by atoms with E-state index in [1.165, 1.54) is 6.07 Å². The lowest BCUT2D eigenvalue weighted by Crippen LogP contribution is -2.07. The van der Waals surface area contributed by atoms with Gasteiger partial charge in [0, 0.05) is 24.5 Å². The first-order valence-electron chi connectivity index (χ1n) is 4.94. The van der Waals surface area contributed by atoms with Crippen molar-refractivity contribution in [1.82, 2.24) is 4.57 Å². The lowest BCUT2D eigenvalue weighted by atomic mass is 10.0. The summed E-state index contributed by atoms with van der Waals surface area (Å²) in [6.45, 7) is 2.05. The summed E-state index contributed by atoms with van der Waals surface area (Å²) < 4.78 is 2.01. The zero-order chi connectivity index (χ0) is 11.0. The molecule has 0 saturated heterocycles. The molecule has 0 spiro atoms. The number of pyridine rings is 1. The number of phenols is 1. The molecule has 78 valence electrons. The third-order valence-electron chi connectivity index (χ3n) is 2.68. The van der Waals surface area contributed by atoms with Gasteiger partial charge in [-0.05, 0) is 30.2 Å². The molecular weight excluding hydrogens is 190 g/mol. The maximum absolute atomic E-state index is 11.3. The molecule has 1 aliphatic heterocycles. The third kappa shape index (κ3) is 1.50. The van der Waals surface area contributed by atoms with Gasteiger partial charge < -0.3 is 9.67 Å². The fourth-order valence-electron chi connectivity index (χ4n) is 1.88. The van der Waals surface area contributed by atoms with Gasteiger partial charge in [0.25, 0.3) is 0 Å². The maximum Gasteiger partial charge on any atom is 0.220 e. The average Bonchev–Trinajstić information content (AvgIpc) is 2.21. The van der Waals surface area contributed by atoms with Gasteiger partial charge in [-0.1, -0.05) is 6.92 Å². The first kappa shape index (κ1) is 9.77. The Bertz CT molecular complexity index is 528. The van der Waals surface area contributed by atoms with E-state index in [1.807, 2.05) is 23.9 Å². The zero-order valence-electron chi connectivity index (χ0n) is 8.82. The summed E-state index contributed by atoms with van der Waals surface area (Å²) in [5, 5.41) is 9.41. The van der Waals surface area contributed by atoms with Crippen LogP contribution in [0, 0.1) is 0 Å². The summed E-state index contributed by atoms with van der Waals surface area (Å²) >= 11 is 0. The summed E-state index contributed by atoms with van der Waals surface area (Å²) in [6.07, 6.45) is 2.79. The molecule has 0 radical (unpaired) electrons. The van der Waals surface area contributed by atoms with E-state index < -0.39 is 0 Å². The topological polar surface area (TPSA) is 42.2 Å². The van der Waals surface area contributed by atoms with Crippen molar-refractivity contribution in [3.8, 4) is 16.9 Å². The number of fused-ring (bicyclic) bond motifs is 1. The number of phenolic OH excluding ortho intramolecular Hbond substituents is 1. The van der Waals surface area contributed by atoms with E-state index in [1.54, 1.807) is 6.07 Å². The minimum atomic E-state index is -0.321. The Labute approximate surface area is 87.9 Å². The summed E-state index contributed by atoms with van der Waals surface area (Å²) in [5.41, 5.74) is 2.62. The fourth-order valence-corrected chi connectivity index (χ4v) is 1.88. The van der Waals surface area contributed by atoms with Crippen LogP contribution in [0.1, 0.15) is 12.6 Å². The van der Waals surface area contributed by atoms with Crippen molar-refractivity contribution in [1.29, 1.82) is 0 Å². The molecule has 2 rings (SSSR count). The number of aromatic hydroxyl groups is 1. The number of benzene rings is 1. The highest BCUT2D eigenvalue weighted by atomic mass is 16.3. The van der Waals surface area contributed by atoms with Gasteiger partial charge in [-0.3, -0.25) is 4.79 Å². The molecule has 0 aromatic rings. The zero-order valence-corrected chi connectivity index (χ0v) is 8.82. The van der Waals surface area contributed by atoms with Gasteiger partial charge in [-0.15, -0.1) is 0 Å². The number of nitrogens with zero attached hydrogens (tertiary/aromatic N) is 1. The smallest absolute Gasteiger partial charge is 0.220 e. The Morgan fingerprint density at radius 2 is 2.13 bits per heavy atom. The average molecular weight is 203 g/mol. The van der Waals surface area contributed by atoms with E-state index in [0.29, 0.717) is 0 Å². The SMILES string of the molecule is CCc1c2cc(O)c(=O)cc-2ccn1C. The lowest BCUT2D eigenvalue weighted by molar-refractivity contribution is 0.470. The van der Waals surface area contributed by atoms with Crippen LogP contribution in [0.5, 0.6) is 5.75 Å². The van der Waals surface area contributed by atoms with Crippen molar-refractivity contribution in [2.75, 3.05) is 0 Å². The minimum Gasteiger partial charge on any atom is -0.504 e. The second-order valence-electron chi connectivity index (χ2n) is 3.63. The summed E-state index contributed by atoms with van der Waals surface area (Å²) in [7, 11) is 1.96. The largest absolute Gasteiger partial charge is 0.504 e. The third-order valence-corrected chi connectivity index (χ3v) is 2.68. The van der Waals surface area contributed by atoms with Gasteiger partial charge in [0.1, 0.15) is 0 Å². The molecule has 0 bridgehead atoms. The monoisotopic (exact) mass is 203 g/mol. The molecule has 1 N–H and O–H groups in total. The summed E-state index contributed by atoms with van der Waals surface area (Å²) in [6, 6.07) is 4.91. The quantitative estimate of drug-likeness (QED) is 0.767. The molecule has 1 heterocycles. The van der Waals surface area contributed by atoms with Crippen LogP contribution in [0.4, 0.5) is 0 Å². The van der Waals surface area contributed by atoms with E-state index >= 15 is 0 Å². The number of rotatable bonds is 1. The normalized spacial score (nSPS) is 10.8. The van der Waals surface area contributed by atoms with Gasteiger partial charge >= 0.3 is 0 Å². The Balaban J connectivity index is 2.86. The highest BCUT2D eigenvalue weighted by Crippen LogP contribution is 2.26. The molecule has 1 aliphatic carbocycles. The van der Waals surface area contributed by atoms with Crippen LogP contribution in [-0.4, -0.2) is 9.67 Å².